The molecule has 0 amide bonds. The first kappa shape index (κ1) is 30.3. The predicted octanol–water partition coefficient (Wildman–Crippen LogP) is 7.83. The third-order valence-corrected chi connectivity index (χ3v) is 9.73. The average Bonchev–Trinajstić information content (AvgIpc) is 3.67. The Bertz CT molecular complexity index is 1900. The molecule has 9 rings (SSSR count). The summed E-state index contributed by atoms with van der Waals surface area (Å²) in [6.45, 7) is 1.97. The second-order valence-electron chi connectivity index (χ2n) is 12.6. The summed E-state index contributed by atoms with van der Waals surface area (Å²) >= 11 is 6.00. The van der Waals surface area contributed by atoms with E-state index in [-0.39, 0.29) is 17.9 Å². The number of carboxylic acid groups (broad SMARTS) is 1. The number of carbonyl (C=O) groups excluding carboxylic acids is 1. The number of aryl methyl sites for hydroxylation is 1. The van der Waals surface area contributed by atoms with Crippen LogP contribution in [0.1, 0.15) is 70.2 Å². The number of rotatable bonds is 7. The molecule has 2 heterocycles. The molecule has 0 radical (unpaired) electrons. The molecular formula is C35H33ClN2O8. The summed E-state index contributed by atoms with van der Waals surface area (Å²) in [4.78, 5) is 42.2. The van der Waals surface area contributed by atoms with Crippen LogP contribution in [0, 0.1) is 30.6 Å². The number of ether oxygens (including phenoxy) is 1. The van der Waals surface area contributed by atoms with Gasteiger partial charge in [0.2, 0.25) is 0 Å². The van der Waals surface area contributed by atoms with E-state index in [9.17, 15) is 9.59 Å². The largest absolute Gasteiger partial charge is 0.497 e. The lowest BCUT2D eigenvalue weighted by atomic mass is 9.55. The maximum Gasteiger partial charge on any atom is 0.427 e. The molecule has 4 aliphatic rings. The predicted molar refractivity (Wildman–Crippen MR) is 168 cm³/mol. The van der Waals surface area contributed by atoms with Crippen molar-refractivity contribution < 1.29 is 38.0 Å². The maximum atomic E-state index is 12.3. The third-order valence-electron chi connectivity index (χ3n) is 9.50. The zero-order valence-electron chi connectivity index (χ0n) is 25.4. The molecule has 0 spiro atoms. The summed E-state index contributed by atoms with van der Waals surface area (Å²) in [7, 11) is 1.57. The van der Waals surface area contributed by atoms with E-state index >= 15 is 0 Å². The Kier molecular flexibility index (Phi) is 8.16. The molecule has 0 atom stereocenters. The third kappa shape index (κ3) is 6.07. The van der Waals surface area contributed by atoms with Crippen molar-refractivity contribution in [2.75, 3.05) is 7.11 Å². The van der Waals surface area contributed by atoms with Crippen LogP contribution in [-0.2, 0) is 16.2 Å². The van der Waals surface area contributed by atoms with Gasteiger partial charge in [-0.15, -0.1) is 0 Å². The molecule has 1 N–H and O–H groups in total. The maximum absolute atomic E-state index is 12.3. The van der Waals surface area contributed by atoms with E-state index in [4.69, 9.17) is 40.1 Å². The van der Waals surface area contributed by atoms with Crippen molar-refractivity contribution >= 4 is 45.7 Å². The van der Waals surface area contributed by atoms with Gasteiger partial charge in [-0.2, -0.15) is 4.89 Å². The topological polar surface area (TPSA) is 134 Å². The van der Waals surface area contributed by atoms with E-state index in [2.05, 4.69) is 9.97 Å². The Morgan fingerprint density at radius 2 is 1.65 bits per heavy atom. The normalized spacial score (nSPS) is 22.9. The zero-order valence-corrected chi connectivity index (χ0v) is 26.2. The van der Waals surface area contributed by atoms with Crippen LogP contribution in [0.3, 0.4) is 0 Å². The highest BCUT2D eigenvalue weighted by molar-refractivity contribution is 6.30. The van der Waals surface area contributed by atoms with Gasteiger partial charge in [-0.25, -0.2) is 19.6 Å². The van der Waals surface area contributed by atoms with Crippen LogP contribution in [0.5, 0.6) is 5.75 Å². The molecule has 3 aromatic carbocycles. The second kappa shape index (κ2) is 12.4. The molecule has 0 saturated heterocycles. The highest BCUT2D eigenvalue weighted by atomic mass is 35.5. The van der Waals surface area contributed by atoms with Crippen LogP contribution >= 0.6 is 11.6 Å². The molecule has 238 valence electrons. The van der Waals surface area contributed by atoms with Gasteiger partial charge >= 0.3 is 23.7 Å². The van der Waals surface area contributed by atoms with Crippen molar-refractivity contribution in [2.45, 2.75) is 51.6 Å². The fraction of sp³-hybridized carbons (Fsp3) is 0.371. The summed E-state index contributed by atoms with van der Waals surface area (Å²) in [5.41, 5.74) is 5.17. The van der Waals surface area contributed by atoms with E-state index < -0.39 is 11.9 Å². The summed E-state index contributed by atoms with van der Waals surface area (Å²) < 4.78 is 15.9. The number of halogens is 1. The average molecular weight is 645 g/mol. The molecule has 10 nitrogen and oxygen atoms in total. The number of aromatic nitrogens is 2. The molecule has 0 aliphatic heterocycles. The highest BCUT2D eigenvalue weighted by Gasteiger charge is 2.50. The van der Waals surface area contributed by atoms with Crippen molar-refractivity contribution in [1.29, 1.82) is 0 Å². The Balaban J connectivity index is 0.000000150. The summed E-state index contributed by atoms with van der Waals surface area (Å²) in [5.74, 6) is 1.17. The second-order valence-corrected chi connectivity index (χ2v) is 13.0. The molecule has 4 bridgehead atoms. The van der Waals surface area contributed by atoms with Crippen LogP contribution in [0.15, 0.2) is 63.4 Å². The van der Waals surface area contributed by atoms with Crippen LogP contribution < -0.4 is 4.74 Å². The number of hydrogen-bond acceptors (Lipinski definition) is 9. The SMILES string of the molecule is COc1ccc2nc(C(=O)OOC3C4CC5CC(C4)CC3C5)oc2c1.Cc1ccc2oc(C(=O)O)nc2c1Cc1cccc(Cl)c1. The van der Waals surface area contributed by atoms with Gasteiger partial charge in [-0.1, -0.05) is 29.8 Å². The van der Waals surface area contributed by atoms with Crippen molar-refractivity contribution in [2.24, 2.45) is 23.7 Å². The van der Waals surface area contributed by atoms with Crippen molar-refractivity contribution in [3.63, 3.8) is 0 Å². The first-order valence-corrected chi connectivity index (χ1v) is 15.8. The molecule has 2 aromatic heterocycles. The molecule has 4 fully saturated rings. The van der Waals surface area contributed by atoms with E-state index in [1.807, 2.05) is 37.3 Å². The number of fused-ring (bicyclic) bond motifs is 2. The fourth-order valence-electron chi connectivity index (χ4n) is 7.60. The van der Waals surface area contributed by atoms with Crippen molar-refractivity contribution in [1.82, 2.24) is 9.97 Å². The smallest absolute Gasteiger partial charge is 0.427 e. The monoisotopic (exact) mass is 644 g/mol. The number of nitrogens with zero attached hydrogens (tertiary/aromatic N) is 2. The summed E-state index contributed by atoms with van der Waals surface area (Å²) in [6.07, 6.45) is 6.86. The lowest BCUT2D eigenvalue weighted by Crippen LogP contribution is -2.49. The fourth-order valence-corrected chi connectivity index (χ4v) is 7.81. The van der Waals surface area contributed by atoms with Crippen LogP contribution in [0.2, 0.25) is 5.02 Å². The molecule has 4 saturated carbocycles. The number of carbonyl (C=O) groups is 2. The molecule has 4 aliphatic carbocycles. The first-order valence-electron chi connectivity index (χ1n) is 15.4. The number of methoxy groups -OCH3 is 1. The number of carboxylic acids is 1. The number of hydrogen-bond donors (Lipinski definition) is 1. The van der Waals surface area contributed by atoms with Gasteiger partial charge in [0.05, 0.1) is 7.11 Å². The van der Waals surface area contributed by atoms with Crippen LogP contribution in [-0.4, -0.2) is 40.2 Å². The highest BCUT2D eigenvalue weighted by Crippen LogP contribution is 2.54. The van der Waals surface area contributed by atoms with E-state index in [0.717, 1.165) is 28.5 Å². The van der Waals surface area contributed by atoms with E-state index in [1.54, 1.807) is 31.4 Å². The van der Waals surface area contributed by atoms with Crippen LogP contribution in [0.25, 0.3) is 22.2 Å². The Morgan fingerprint density at radius 1 is 0.913 bits per heavy atom. The Labute approximate surface area is 269 Å². The van der Waals surface area contributed by atoms with Gasteiger partial charge in [0, 0.05) is 17.5 Å². The van der Waals surface area contributed by atoms with Crippen molar-refractivity contribution in [3.05, 3.63) is 88.1 Å². The quantitative estimate of drug-likeness (QED) is 0.138. The van der Waals surface area contributed by atoms with Gasteiger partial charge in [-0.05, 0) is 110 Å². The number of oxazole rings is 2. The Morgan fingerprint density at radius 3 is 2.35 bits per heavy atom. The minimum Gasteiger partial charge on any atom is -0.497 e. The van der Waals surface area contributed by atoms with Gasteiger partial charge in [0.25, 0.3) is 0 Å². The standard InChI is InChI=1S/C19H21NO5.C16H12ClNO3/c1-22-14-2-3-15-16(9-14)23-18(20-15)19(21)25-24-17-12-5-10-4-11(7-12)8-13(17)6-10;1-9-5-6-13-14(18-15(21-13)16(19)20)12(9)8-10-3-2-4-11(17)7-10/h2-3,9-13,17H,4-8H2,1H3;2-7H,8H2,1H3,(H,19,20). The summed E-state index contributed by atoms with van der Waals surface area (Å²) in [6, 6.07) is 16.4. The van der Waals surface area contributed by atoms with Gasteiger partial charge in [-0.3, -0.25) is 4.89 Å². The molecule has 11 heteroatoms. The van der Waals surface area contributed by atoms with Crippen LogP contribution in [0.4, 0.5) is 0 Å². The molecule has 46 heavy (non-hydrogen) atoms. The lowest BCUT2D eigenvalue weighted by Gasteiger charge is -2.52. The molecule has 5 aromatic rings. The van der Waals surface area contributed by atoms with Gasteiger partial charge < -0.3 is 18.7 Å². The van der Waals surface area contributed by atoms with Gasteiger partial charge in [0.15, 0.2) is 11.2 Å². The van der Waals surface area contributed by atoms with Gasteiger partial charge in [0.1, 0.15) is 22.9 Å². The zero-order chi connectivity index (χ0) is 31.9. The molecule has 0 unspecified atom stereocenters. The lowest BCUT2D eigenvalue weighted by molar-refractivity contribution is -0.318. The Hall–Kier alpha value is -4.41. The minimum atomic E-state index is -1.17. The minimum absolute atomic E-state index is 0.0289. The van der Waals surface area contributed by atoms with E-state index in [1.165, 1.54) is 32.1 Å². The molecular weight excluding hydrogens is 612 g/mol. The summed E-state index contributed by atoms with van der Waals surface area (Å²) in [5, 5.41) is 9.67. The van der Waals surface area contributed by atoms with Crippen molar-refractivity contribution in [3.8, 4) is 5.75 Å². The van der Waals surface area contributed by atoms with E-state index in [0.29, 0.717) is 51.2 Å². The first-order chi connectivity index (χ1) is 22.2. The number of benzene rings is 3. The number of aromatic carboxylic acids is 1.